The highest BCUT2D eigenvalue weighted by atomic mass is 35.5. The summed E-state index contributed by atoms with van der Waals surface area (Å²) in [4.78, 5) is 66.6. The van der Waals surface area contributed by atoms with Gasteiger partial charge in [-0.15, -0.1) is 0 Å². The number of alkyl halides is 4. The Kier molecular flexibility index (Phi) is 7.66. The van der Waals surface area contributed by atoms with Crippen LogP contribution in [0.4, 0.5) is 13.2 Å². The van der Waals surface area contributed by atoms with Gasteiger partial charge in [0.05, 0.1) is 12.5 Å². The minimum Gasteiger partial charge on any atom is -0.351 e. The van der Waals surface area contributed by atoms with E-state index in [1.54, 1.807) is 34.6 Å². The first kappa shape index (κ1) is 31.4. The molecule has 4 rings (SSSR count). The predicted molar refractivity (Wildman–Crippen MR) is 142 cm³/mol. The third kappa shape index (κ3) is 6.01. The number of rotatable bonds is 7. The highest BCUT2D eigenvalue weighted by Gasteiger charge is 2.70. The molecular weight excluding hydrogens is 567 g/mol. The molecule has 2 saturated heterocycles. The summed E-state index contributed by atoms with van der Waals surface area (Å²) in [7, 11) is 0. The van der Waals surface area contributed by atoms with Crippen LogP contribution in [-0.4, -0.2) is 81.7 Å². The van der Waals surface area contributed by atoms with E-state index in [9.17, 15) is 37.1 Å². The van der Waals surface area contributed by atoms with E-state index in [0.717, 1.165) is 0 Å². The molecule has 7 atom stereocenters. The van der Waals surface area contributed by atoms with Crippen LogP contribution >= 0.6 is 11.6 Å². The summed E-state index contributed by atoms with van der Waals surface area (Å²) in [6.07, 6.45) is -0.267. The molecule has 4 aliphatic rings. The molecule has 1 unspecified atom stereocenters. The lowest BCUT2D eigenvalue weighted by molar-refractivity contribution is -0.151. The quantitative estimate of drug-likeness (QED) is 0.302. The molecule has 5 amide bonds. The Bertz CT molecular complexity index is 1160. The van der Waals surface area contributed by atoms with E-state index in [1.165, 1.54) is 4.90 Å². The number of hydrogen-bond acceptors (Lipinski definition) is 5. The molecule has 0 bridgehead atoms. The van der Waals surface area contributed by atoms with Crippen LogP contribution in [0.15, 0.2) is 0 Å². The van der Waals surface area contributed by atoms with Gasteiger partial charge in [0.1, 0.15) is 18.0 Å². The Morgan fingerprint density at radius 2 is 1.71 bits per heavy atom. The predicted octanol–water partition coefficient (Wildman–Crippen LogP) is 1.96. The summed E-state index contributed by atoms with van der Waals surface area (Å²) in [6, 6.07) is -2.30. The number of halogens is 4. The molecule has 0 spiro atoms. The van der Waals surface area contributed by atoms with Crippen molar-refractivity contribution < 1.29 is 37.1 Å². The van der Waals surface area contributed by atoms with Crippen molar-refractivity contribution in [2.24, 2.45) is 34.5 Å². The van der Waals surface area contributed by atoms with Crippen molar-refractivity contribution in [3.63, 3.8) is 0 Å². The molecule has 2 saturated carbocycles. The summed E-state index contributed by atoms with van der Waals surface area (Å²) in [5.74, 6) is -9.68. The van der Waals surface area contributed by atoms with Crippen LogP contribution in [0.25, 0.3) is 0 Å². The Morgan fingerprint density at radius 3 is 2.17 bits per heavy atom. The molecule has 0 aromatic carbocycles. The van der Waals surface area contributed by atoms with Crippen molar-refractivity contribution in [3.05, 3.63) is 0 Å². The summed E-state index contributed by atoms with van der Waals surface area (Å²) in [5.41, 5.74) is -1.84. The molecule has 0 radical (unpaired) electrons. The number of carbonyl (C=O) groups is 5. The maximum absolute atomic E-state index is 14.0. The first-order valence-electron chi connectivity index (χ1n) is 13.8. The van der Waals surface area contributed by atoms with Gasteiger partial charge in [-0.1, -0.05) is 46.2 Å². The minimum atomic E-state index is -3.12. The third-order valence-corrected chi connectivity index (χ3v) is 9.18. The average Bonchev–Trinajstić information content (AvgIpc) is 3.43. The molecule has 230 valence electrons. The Hall–Kier alpha value is -2.57. The van der Waals surface area contributed by atoms with Gasteiger partial charge in [-0.3, -0.25) is 29.4 Å². The lowest BCUT2D eigenvalue weighted by Gasteiger charge is -2.38. The highest BCUT2D eigenvalue weighted by Crippen LogP contribution is 2.65. The smallest absolute Gasteiger partial charge is 0.291 e. The fourth-order valence-corrected chi connectivity index (χ4v) is 6.56. The van der Waals surface area contributed by atoms with Gasteiger partial charge in [0.15, 0.2) is 0 Å². The maximum atomic E-state index is 14.0. The largest absolute Gasteiger partial charge is 0.351 e. The number of hydrazine groups is 1. The number of piperidine rings is 1. The van der Waals surface area contributed by atoms with Crippen molar-refractivity contribution in [2.45, 2.75) is 90.5 Å². The minimum absolute atomic E-state index is 0.0706. The van der Waals surface area contributed by atoms with E-state index in [2.05, 4.69) is 16.1 Å². The topological polar surface area (TPSA) is 128 Å². The number of fused-ring (bicyclic) bond motifs is 1. The molecule has 0 aromatic rings. The molecule has 3 N–H and O–H groups in total. The fourth-order valence-electron chi connectivity index (χ4n) is 6.44. The van der Waals surface area contributed by atoms with Crippen molar-refractivity contribution in [2.75, 3.05) is 13.1 Å². The number of amides is 5. The number of nitrogens with one attached hydrogen (secondary N) is 3. The van der Waals surface area contributed by atoms with E-state index < -0.39 is 76.5 Å². The fraction of sp³-hybridized carbons (Fsp3) is 0.815. The van der Waals surface area contributed by atoms with Gasteiger partial charge < -0.3 is 15.5 Å². The second kappa shape index (κ2) is 10.0. The molecule has 2 aliphatic carbocycles. The van der Waals surface area contributed by atoms with E-state index in [1.807, 2.05) is 13.8 Å². The molecule has 10 nitrogen and oxygen atoms in total. The lowest BCUT2D eigenvalue weighted by Crippen LogP contribution is -2.61. The third-order valence-electron chi connectivity index (χ3n) is 8.99. The highest BCUT2D eigenvalue weighted by molar-refractivity contribution is 6.29. The lowest BCUT2D eigenvalue weighted by atomic mass is 9.85. The molecule has 4 fully saturated rings. The second-order valence-corrected chi connectivity index (χ2v) is 14.6. The summed E-state index contributed by atoms with van der Waals surface area (Å²) in [6.45, 7) is 12.3. The van der Waals surface area contributed by atoms with Crippen molar-refractivity contribution in [1.82, 2.24) is 26.0 Å². The van der Waals surface area contributed by atoms with Gasteiger partial charge in [-0.25, -0.2) is 18.2 Å². The standard InChI is InChI=1S/C27H39ClF3N5O5/c1-24(2,3)17(32-20(38)13-9-27(13,30)31)22(40)35-11-14-15(26(14,6)7)16(35)21(39)34-36(23(41)18(28)29)10-12-8-25(4,5)33-19(12)37/h12-18H,8-11H2,1-7H3,(H,32,38)(H,33,37)(H,34,39)/t12-,13?,14-,15-,16-,17+,18+/m0/s1. The summed E-state index contributed by atoms with van der Waals surface area (Å²) >= 11 is 5.43. The van der Waals surface area contributed by atoms with Crippen molar-refractivity contribution >= 4 is 41.1 Å². The van der Waals surface area contributed by atoms with E-state index in [4.69, 9.17) is 11.6 Å². The van der Waals surface area contributed by atoms with E-state index in [-0.39, 0.29) is 36.2 Å². The van der Waals surface area contributed by atoms with Gasteiger partial charge >= 0.3 is 0 Å². The van der Waals surface area contributed by atoms with Gasteiger partial charge in [-0.2, -0.15) is 0 Å². The van der Waals surface area contributed by atoms with Crippen LogP contribution in [0.3, 0.4) is 0 Å². The van der Waals surface area contributed by atoms with Crippen molar-refractivity contribution in [1.29, 1.82) is 0 Å². The molecular formula is C27H39ClF3N5O5. The summed E-state index contributed by atoms with van der Waals surface area (Å²) in [5, 5.41) is 5.95. The van der Waals surface area contributed by atoms with Crippen LogP contribution in [0.1, 0.15) is 61.3 Å². The van der Waals surface area contributed by atoms with Gasteiger partial charge in [-0.05, 0) is 42.9 Å². The number of carbonyl (C=O) groups excluding carboxylic acids is 5. The molecule has 41 heavy (non-hydrogen) atoms. The number of nitrogens with zero attached hydrogens (tertiary/aromatic N) is 2. The van der Waals surface area contributed by atoms with Crippen LogP contribution in [0.2, 0.25) is 0 Å². The van der Waals surface area contributed by atoms with Crippen LogP contribution in [-0.2, 0) is 24.0 Å². The zero-order chi connectivity index (χ0) is 31.0. The molecule has 14 heteroatoms. The molecule has 0 aromatic heterocycles. The number of likely N-dealkylation sites (tertiary alicyclic amines) is 1. The Balaban J connectivity index is 1.56. The van der Waals surface area contributed by atoms with E-state index >= 15 is 0 Å². The maximum Gasteiger partial charge on any atom is 0.291 e. The van der Waals surface area contributed by atoms with Gasteiger partial charge in [0.2, 0.25) is 17.7 Å². The van der Waals surface area contributed by atoms with E-state index in [0.29, 0.717) is 11.4 Å². The number of hydrogen-bond donors (Lipinski definition) is 3. The monoisotopic (exact) mass is 605 g/mol. The molecule has 2 aliphatic heterocycles. The van der Waals surface area contributed by atoms with Crippen LogP contribution in [0, 0.1) is 34.5 Å². The Morgan fingerprint density at radius 1 is 1.12 bits per heavy atom. The normalized spacial score (nSPS) is 31.8. The van der Waals surface area contributed by atoms with Crippen LogP contribution < -0.4 is 16.1 Å². The summed E-state index contributed by atoms with van der Waals surface area (Å²) < 4.78 is 41.1. The van der Waals surface area contributed by atoms with Crippen molar-refractivity contribution in [3.8, 4) is 0 Å². The van der Waals surface area contributed by atoms with Crippen LogP contribution in [0.5, 0.6) is 0 Å². The Labute approximate surface area is 242 Å². The first-order valence-corrected chi connectivity index (χ1v) is 14.2. The van der Waals surface area contributed by atoms with Gasteiger partial charge in [0.25, 0.3) is 23.4 Å². The van der Waals surface area contributed by atoms with Gasteiger partial charge in [0, 0.05) is 18.5 Å². The zero-order valence-electron chi connectivity index (χ0n) is 24.3. The first-order chi connectivity index (χ1) is 18.6. The molecule has 2 heterocycles. The SMILES string of the molecule is CC1(C)C[C@@H](CN(NC(=O)[C@@H]2[C@@H]3[C@H](CN2C(=O)[C@@H](NC(=O)C2CC2(F)F)C(C)(C)C)C3(C)C)C(=O)[C@@H](F)Cl)C(=O)N1. The average molecular weight is 606 g/mol. The zero-order valence-corrected chi connectivity index (χ0v) is 25.1. The second-order valence-electron chi connectivity index (χ2n) is 14.2.